The molecular weight excluding hydrogens is 449 g/mol. The maximum atomic E-state index is 13.4. The third kappa shape index (κ3) is 4.95. The molecule has 0 unspecified atom stereocenters. The third-order valence-electron chi connectivity index (χ3n) is 5.66. The van der Waals surface area contributed by atoms with E-state index in [2.05, 4.69) is 10.2 Å². The van der Waals surface area contributed by atoms with Crippen molar-refractivity contribution in [3.63, 3.8) is 0 Å². The summed E-state index contributed by atoms with van der Waals surface area (Å²) < 4.78 is 40.2. The molecule has 7 nitrogen and oxygen atoms in total. The van der Waals surface area contributed by atoms with Crippen LogP contribution in [0.5, 0.6) is 0 Å². The summed E-state index contributed by atoms with van der Waals surface area (Å²) in [4.78, 5) is 27.5. The third-order valence-corrected chi connectivity index (χ3v) is 5.66. The number of piperazine rings is 1. The van der Waals surface area contributed by atoms with Gasteiger partial charge < -0.3 is 15.1 Å². The van der Waals surface area contributed by atoms with Crippen LogP contribution in [0, 0.1) is 10.1 Å². The highest BCUT2D eigenvalue weighted by molar-refractivity contribution is 6.08. The van der Waals surface area contributed by atoms with Crippen LogP contribution >= 0.6 is 0 Å². The van der Waals surface area contributed by atoms with E-state index >= 15 is 0 Å². The highest BCUT2D eigenvalue weighted by Gasteiger charge is 2.32. The van der Waals surface area contributed by atoms with Crippen LogP contribution in [-0.2, 0) is 6.18 Å². The van der Waals surface area contributed by atoms with E-state index in [-0.39, 0.29) is 11.3 Å². The number of carbonyl (C=O) groups excluding carboxylic acids is 1. The van der Waals surface area contributed by atoms with Crippen LogP contribution in [0.4, 0.5) is 35.9 Å². The topological polar surface area (TPSA) is 78.7 Å². The lowest BCUT2D eigenvalue weighted by Crippen LogP contribution is -2.46. The van der Waals surface area contributed by atoms with Crippen molar-refractivity contribution in [3.8, 4) is 0 Å². The monoisotopic (exact) mass is 470 g/mol. The maximum Gasteiger partial charge on any atom is 0.416 e. The Labute approximate surface area is 193 Å². The van der Waals surface area contributed by atoms with Gasteiger partial charge in [0.25, 0.3) is 11.6 Å². The molecule has 0 atom stereocenters. The molecule has 0 radical (unpaired) electrons. The van der Waals surface area contributed by atoms with Gasteiger partial charge in [-0.05, 0) is 36.4 Å². The molecule has 0 spiro atoms. The zero-order valence-electron chi connectivity index (χ0n) is 18.0. The second kappa shape index (κ2) is 9.42. The fourth-order valence-corrected chi connectivity index (χ4v) is 3.95. The summed E-state index contributed by atoms with van der Waals surface area (Å²) in [6, 6.07) is 18.3. The Hall–Kier alpha value is -4.08. The van der Waals surface area contributed by atoms with E-state index < -0.39 is 28.3 Å². The van der Waals surface area contributed by atoms with Crippen molar-refractivity contribution in [2.75, 3.05) is 41.3 Å². The molecular formula is C24H21F3N4O3. The number of amides is 1. The molecule has 0 bridgehead atoms. The zero-order chi connectivity index (χ0) is 24.3. The normalized spacial score (nSPS) is 14.1. The van der Waals surface area contributed by atoms with E-state index in [0.29, 0.717) is 31.9 Å². The van der Waals surface area contributed by atoms with Gasteiger partial charge in [-0.2, -0.15) is 13.2 Å². The van der Waals surface area contributed by atoms with Gasteiger partial charge in [-0.25, -0.2) is 0 Å². The Morgan fingerprint density at radius 3 is 2.15 bits per heavy atom. The molecule has 1 amide bonds. The van der Waals surface area contributed by atoms with Crippen LogP contribution < -0.4 is 15.1 Å². The van der Waals surface area contributed by atoms with Crippen molar-refractivity contribution in [1.82, 2.24) is 0 Å². The maximum absolute atomic E-state index is 13.4. The first kappa shape index (κ1) is 23.1. The zero-order valence-corrected chi connectivity index (χ0v) is 18.0. The van der Waals surface area contributed by atoms with Crippen LogP contribution in [0.1, 0.15) is 15.9 Å². The molecule has 176 valence electrons. The number of halogens is 3. The van der Waals surface area contributed by atoms with E-state index in [1.165, 1.54) is 30.3 Å². The number of carbonyl (C=O) groups is 1. The number of hydrogen-bond donors (Lipinski definition) is 1. The summed E-state index contributed by atoms with van der Waals surface area (Å²) in [5, 5.41) is 13.8. The van der Waals surface area contributed by atoms with Crippen LogP contribution in [0.15, 0.2) is 72.8 Å². The SMILES string of the molecule is O=C(Nc1cc(C(F)(F)F)ccc1N1CCN(c2ccccc2)CC1)c1ccccc1[N+](=O)[O-]. The first-order valence-electron chi connectivity index (χ1n) is 10.5. The second-order valence-corrected chi connectivity index (χ2v) is 7.77. The van der Waals surface area contributed by atoms with Gasteiger partial charge in [0.1, 0.15) is 5.56 Å². The molecule has 0 aromatic heterocycles. The summed E-state index contributed by atoms with van der Waals surface area (Å²) in [6.45, 7) is 2.33. The smallest absolute Gasteiger partial charge is 0.368 e. The predicted molar refractivity (Wildman–Crippen MR) is 123 cm³/mol. The Bertz CT molecular complexity index is 1190. The first-order valence-corrected chi connectivity index (χ1v) is 10.5. The number of para-hydroxylation sites is 2. The Morgan fingerprint density at radius 2 is 1.50 bits per heavy atom. The van der Waals surface area contributed by atoms with Gasteiger partial charge in [-0.3, -0.25) is 14.9 Å². The number of nitrogens with zero attached hydrogens (tertiary/aromatic N) is 3. The summed E-state index contributed by atoms with van der Waals surface area (Å²) in [6.07, 6.45) is -4.61. The lowest BCUT2D eigenvalue weighted by Gasteiger charge is -2.38. The predicted octanol–water partition coefficient (Wildman–Crippen LogP) is 5.19. The molecule has 1 N–H and O–H groups in total. The minimum absolute atomic E-state index is 0.0499. The van der Waals surface area contributed by atoms with Gasteiger partial charge in [0.2, 0.25) is 0 Å². The largest absolute Gasteiger partial charge is 0.416 e. The molecule has 1 aliphatic rings. The van der Waals surface area contributed by atoms with Crippen molar-refractivity contribution < 1.29 is 22.9 Å². The average molecular weight is 470 g/mol. The number of alkyl halides is 3. The quantitative estimate of drug-likeness (QED) is 0.410. The van der Waals surface area contributed by atoms with Crippen molar-refractivity contribution >= 4 is 28.7 Å². The second-order valence-electron chi connectivity index (χ2n) is 7.77. The molecule has 1 saturated heterocycles. The van der Waals surface area contributed by atoms with Crippen LogP contribution in [-0.4, -0.2) is 37.0 Å². The highest BCUT2D eigenvalue weighted by Crippen LogP contribution is 2.36. The molecule has 1 heterocycles. The van der Waals surface area contributed by atoms with Crippen LogP contribution in [0.25, 0.3) is 0 Å². The van der Waals surface area contributed by atoms with E-state index in [9.17, 15) is 28.1 Å². The summed E-state index contributed by atoms with van der Waals surface area (Å²) in [5.41, 5.74) is -0.148. The Morgan fingerprint density at radius 1 is 0.882 bits per heavy atom. The van der Waals surface area contributed by atoms with E-state index in [1.807, 2.05) is 35.2 Å². The van der Waals surface area contributed by atoms with Crippen molar-refractivity contribution in [2.24, 2.45) is 0 Å². The summed E-state index contributed by atoms with van der Waals surface area (Å²) in [5.74, 6) is -0.851. The van der Waals surface area contributed by atoms with Gasteiger partial charge in [-0.1, -0.05) is 30.3 Å². The standard InChI is InChI=1S/C24H21F3N4O3/c25-24(26,27)17-10-11-22(30-14-12-29(13-15-30)18-6-2-1-3-7-18)20(16-17)28-23(32)19-8-4-5-9-21(19)31(33)34/h1-11,16H,12-15H2,(H,28,32). The van der Waals surface area contributed by atoms with E-state index in [0.717, 1.165) is 17.8 Å². The van der Waals surface area contributed by atoms with Crippen molar-refractivity contribution in [1.29, 1.82) is 0 Å². The van der Waals surface area contributed by atoms with E-state index in [4.69, 9.17) is 0 Å². The molecule has 34 heavy (non-hydrogen) atoms. The van der Waals surface area contributed by atoms with Crippen LogP contribution in [0.2, 0.25) is 0 Å². The molecule has 1 fully saturated rings. The van der Waals surface area contributed by atoms with Gasteiger partial charge in [0, 0.05) is 37.9 Å². The fraction of sp³-hybridized carbons (Fsp3) is 0.208. The van der Waals surface area contributed by atoms with E-state index in [1.54, 1.807) is 0 Å². The number of hydrogen-bond acceptors (Lipinski definition) is 5. The Balaban J connectivity index is 1.61. The Kier molecular flexibility index (Phi) is 6.40. The molecule has 10 heteroatoms. The lowest BCUT2D eigenvalue weighted by atomic mass is 10.1. The molecule has 4 rings (SSSR count). The van der Waals surface area contributed by atoms with Gasteiger partial charge >= 0.3 is 6.18 Å². The first-order chi connectivity index (χ1) is 16.2. The van der Waals surface area contributed by atoms with Crippen molar-refractivity contribution in [3.05, 3.63) is 94.0 Å². The number of anilines is 3. The van der Waals surface area contributed by atoms with Gasteiger partial charge in [0.15, 0.2) is 0 Å². The molecule has 3 aromatic carbocycles. The number of nitro groups is 1. The lowest BCUT2D eigenvalue weighted by molar-refractivity contribution is -0.385. The molecule has 1 aliphatic heterocycles. The summed E-state index contributed by atoms with van der Waals surface area (Å²) in [7, 11) is 0. The summed E-state index contributed by atoms with van der Waals surface area (Å²) >= 11 is 0. The minimum atomic E-state index is -4.61. The molecule has 3 aromatic rings. The minimum Gasteiger partial charge on any atom is -0.368 e. The number of nitro benzene ring substituents is 1. The fourth-order valence-electron chi connectivity index (χ4n) is 3.95. The van der Waals surface area contributed by atoms with Crippen molar-refractivity contribution in [2.45, 2.75) is 6.18 Å². The van der Waals surface area contributed by atoms with Gasteiger partial charge in [0.05, 0.1) is 21.9 Å². The number of rotatable bonds is 5. The average Bonchev–Trinajstić information content (AvgIpc) is 2.84. The molecule has 0 saturated carbocycles. The van der Waals surface area contributed by atoms with Crippen LogP contribution in [0.3, 0.4) is 0 Å². The number of benzene rings is 3. The number of nitrogens with one attached hydrogen (secondary N) is 1. The van der Waals surface area contributed by atoms with Gasteiger partial charge in [-0.15, -0.1) is 0 Å². The molecule has 0 aliphatic carbocycles. The highest BCUT2D eigenvalue weighted by atomic mass is 19.4.